The second kappa shape index (κ2) is 3.78. The van der Waals surface area contributed by atoms with E-state index in [1.165, 1.54) is 6.92 Å². The SMILES string of the molecule is CC(=O)c1nc(-c2cccnc2)sc1O. The number of hydrogen-bond acceptors (Lipinski definition) is 5. The number of thiazole rings is 1. The minimum atomic E-state index is -0.237. The van der Waals surface area contributed by atoms with Crippen LogP contribution in [0, 0.1) is 0 Å². The Balaban J connectivity index is 2.48. The van der Waals surface area contributed by atoms with Gasteiger partial charge >= 0.3 is 0 Å². The van der Waals surface area contributed by atoms with Crippen LogP contribution in [-0.4, -0.2) is 20.9 Å². The molecule has 2 rings (SSSR count). The number of pyridine rings is 1. The summed E-state index contributed by atoms with van der Waals surface area (Å²) in [6.07, 6.45) is 3.30. The van der Waals surface area contributed by atoms with Crippen LogP contribution in [0.1, 0.15) is 17.4 Å². The molecule has 76 valence electrons. The summed E-state index contributed by atoms with van der Waals surface area (Å²) in [5, 5.41) is 10.0. The molecule has 0 aliphatic carbocycles. The van der Waals surface area contributed by atoms with E-state index in [0.29, 0.717) is 5.01 Å². The molecule has 4 nitrogen and oxygen atoms in total. The van der Waals surface area contributed by atoms with E-state index in [1.54, 1.807) is 18.5 Å². The highest BCUT2D eigenvalue weighted by Crippen LogP contribution is 2.32. The lowest BCUT2D eigenvalue weighted by atomic mass is 10.3. The van der Waals surface area contributed by atoms with Gasteiger partial charge in [0.25, 0.3) is 0 Å². The minimum absolute atomic E-state index is 0.0404. The number of carbonyl (C=O) groups is 1. The first-order chi connectivity index (χ1) is 7.18. The maximum absolute atomic E-state index is 11.1. The lowest BCUT2D eigenvalue weighted by Gasteiger charge is -1.91. The maximum atomic E-state index is 11.1. The third-order valence-electron chi connectivity index (χ3n) is 1.85. The molecule has 0 aromatic carbocycles. The molecule has 0 radical (unpaired) electrons. The van der Waals surface area contributed by atoms with Crippen LogP contribution in [0.25, 0.3) is 10.6 Å². The zero-order valence-corrected chi connectivity index (χ0v) is 8.78. The Morgan fingerprint density at radius 2 is 2.33 bits per heavy atom. The van der Waals surface area contributed by atoms with Gasteiger partial charge in [-0.15, -0.1) is 0 Å². The van der Waals surface area contributed by atoms with Gasteiger partial charge in [-0.25, -0.2) is 4.98 Å². The smallest absolute Gasteiger partial charge is 0.203 e. The standard InChI is InChI=1S/C10H8N2O2S/c1-6(13)8-10(14)15-9(12-8)7-3-2-4-11-5-7/h2-5,14H,1H3. The van der Waals surface area contributed by atoms with Crippen molar-refractivity contribution in [1.29, 1.82) is 0 Å². The zero-order valence-electron chi connectivity index (χ0n) is 7.97. The normalized spacial score (nSPS) is 10.2. The highest BCUT2D eigenvalue weighted by molar-refractivity contribution is 7.17. The van der Waals surface area contributed by atoms with Gasteiger partial charge in [-0.3, -0.25) is 9.78 Å². The second-order valence-electron chi connectivity index (χ2n) is 2.97. The summed E-state index contributed by atoms with van der Waals surface area (Å²) in [4.78, 5) is 19.1. The number of hydrogen-bond donors (Lipinski definition) is 1. The molecule has 0 amide bonds. The van der Waals surface area contributed by atoms with E-state index < -0.39 is 0 Å². The molecule has 0 aliphatic rings. The predicted molar refractivity (Wildman–Crippen MR) is 57.0 cm³/mol. The van der Waals surface area contributed by atoms with Crippen molar-refractivity contribution in [1.82, 2.24) is 9.97 Å². The van der Waals surface area contributed by atoms with Crippen molar-refractivity contribution in [3.63, 3.8) is 0 Å². The molecular formula is C10H8N2O2S. The molecule has 0 unspecified atom stereocenters. The van der Waals surface area contributed by atoms with Crippen molar-refractivity contribution < 1.29 is 9.90 Å². The number of nitrogens with zero attached hydrogens (tertiary/aromatic N) is 2. The lowest BCUT2D eigenvalue weighted by Crippen LogP contribution is -1.92. The predicted octanol–water partition coefficient (Wildman–Crippen LogP) is 2.11. The summed E-state index contributed by atoms with van der Waals surface area (Å²) >= 11 is 1.08. The Bertz CT molecular complexity index is 493. The van der Waals surface area contributed by atoms with Crippen LogP contribution < -0.4 is 0 Å². The Kier molecular flexibility index (Phi) is 2.47. The van der Waals surface area contributed by atoms with Gasteiger partial charge in [0.1, 0.15) is 5.01 Å². The fourth-order valence-corrected chi connectivity index (χ4v) is 2.00. The molecule has 2 aromatic rings. The molecule has 2 aromatic heterocycles. The Morgan fingerprint density at radius 3 is 2.87 bits per heavy atom. The minimum Gasteiger partial charge on any atom is -0.498 e. The number of carbonyl (C=O) groups excluding carboxylic acids is 1. The number of Topliss-reactive ketones (excluding diaryl/α,β-unsaturated/α-hetero) is 1. The molecular weight excluding hydrogens is 212 g/mol. The van der Waals surface area contributed by atoms with Crippen molar-refractivity contribution in [2.24, 2.45) is 0 Å². The van der Waals surface area contributed by atoms with Crippen molar-refractivity contribution in [3.8, 4) is 15.6 Å². The Labute approximate surface area is 90.3 Å². The lowest BCUT2D eigenvalue weighted by molar-refractivity contribution is 0.101. The molecule has 5 heteroatoms. The molecule has 15 heavy (non-hydrogen) atoms. The molecule has 1 N–H and O–H groups in total. The molecule has 0 saturated carbocycles. The zero-order chi connectivity index (χ0) is 10.8. The Morgan fingerprint density at radius 1 is 1.53 bits per heavy atom. The quantitative estimate of drug-likeness (QED) is 0.787. The van der Waals surface area contributed by atoms with Gasteiger partial charge in [0, 0.05) is 24.9 Å². The number of aromatic nitrogens is 2. The molecule has 0 saturated heterocycles. The van der Waals surface area contributed by atoms with Gasteiger partial charge in [-0.2, -0.15) is 0 Å². The average molecular weight is 220 g/mol. The first-order valence-corrected chi connectivity index (χ1v) is 5.11. The third kappa shape index (κ3) is 1.87. The summed E-state index contributed by atoms with van der Waals surface area (Å²) < 4.78 is 0. The van der Waals surface area contributed by atoms with Crippen LogP contribution >= 0.6 is 11.3 Å². The van der Waals surface area contributed by atoms with E-state index >= 15 is 0 Å². The largest absolute Gasteiger partial charge is 0.498 e. The van der Waals surface area contributed by atoms with E-state index in [4.69, 9.17) is 0 Å². The van der Waals surface area contributed by atoms with Crippen LogP contribution in [0.3, 0.4) is 0 Å². The summed E-state index contributed by atoms with van der Waals surface area (Å²) in [7, 11) is 0. The molecule has 0 fully saturated rings. The molecule has 0 atom stereocenters. The van der Waals surface area contributed by atoms with Gasteiger partial charge in [-0.1, -0.05) is 11.3 Å². The fraction of sp³-hybridized carbons (Fsp3) is 0.100. The van der Waals surface area contributed by atoms with E-state index in [9.17, 15) is 9.90 Å². The third-order valence-corrected chi connectivity index (χ3v) is 2.76. The van der Waals surface area contributed by atoms with Crippen LogP contribution in [0.5, 0.6) is 5.06 Å². The van der Waals surface area contributed by atoms with E-state index in [-0.39, 0.29) is 16.5 Å². The van der Waals surface area contributed by atoms with Crippen LogP contribution in [0.4, 0.5) is 0 Å². The number of aromatic hydroxyl groups is 1. The molecule has 0 bridgehead atoms. The van der Waals surface area contributed by atoms with Crippen LogP contribution in [-0.2, 0) is 0 Å². The topological polar surface area (TPSA) is 63.1 Å². The van der Waals surface area contributed by atoms with E-state index in [1.807, 2.05) is 6.07 Å². The number of ketones is 1. The molecule has 2 heterocycles. The van der Waals surface area contributed by atoms with Crippen molar-refractivity contribution >= 4 is 17.1 Å². The summed E-state index contributed by atoms with van der Waals surface area (Å²) in [6, 6.07) is 3.61. The summed E-state index contributed by atoms with van der Waals surface area (Å²) in [5.74, 6) is -0.237. The second-order valence-corrected chi connectivity index (χ2v) is 3.95. The summed E-state index contributed by atoms with van der Waals surface area (Å²) in [5.41, 5.74) is 0.921. The highest BCUT2D eigenvalue weighted by atomic mass is 32.1. The van der Waals surface area contributed by atoms with Crippen molar-refractivity contribution in [2.45, 2.75) is 6.92 Å². The highest BCUT2D eigenvalue weighted by Gasteiger charge is 2.14. The average Bonchev–Trinajstić information content (AvgIpc) is 2.62. The Hall–Kier alpha value is -1.75. The van der Waals surface area contributed by atoms with E-state index in [2.05, 4.69) is 9.97 Å². The van der Waals surface area contributed by atoms with Gasteiger partial charge < -0.3 is 5.11 Å². The maximum Gasteiger partial charge on any atom is 0.203 e. The van der Waals surface area contributed by atoms with Gasteiger partial charge in [0.2, 0.25) is 5.06 Å². The molecule has 0 aliphatic heterocycles. The number of rotatable bonds is 2. The molecule has 0 spiro atoms. The fourth-order valence-electron chi connectivity index (χ4n) is 1.15. The van der Waals surface area contributed by atoms with Crippen molar-refractivity contribution in [2.75, 3.05) is 0 Å². The first kappa shape index (κ1) is 9.79. The van der Waals surface area contributed by atoms with Gasteiger partial charge in [-0.05, 0) is 12.1 Å². The van der Waals surface area contributed by atoms with Crippen LogP contribution in [0.2, 0.25) is 0 Å². The van der Waals surface area contributed by atoms with Crippen LogP contribution in [0.15, 0.2) is 24.5 Å². The van der Waals surface area contributed by atoms with E-state index in [0.717, 1.165) is 16.9 Å². The monoisotopic (exact) mass is 220 g/mol. The van der Waals surface area contributed by atoms with Crippen molar-refractivity contribution in [3.05, 3.63) is 30.2 Å². The first-order valence-electron chi connectivity index (χ1n) is 4.29. The van der Waals surface area contributed by atoms with Gasteiger partial charge in [0.15, 0.2) is 11.5 Å². The van der Waals surface area contributed by atoms with Gasteiger partial charge in [0.05, 0.1) is 0 Å². The summed E-state index contributed by atoms with van der Waals surface area (Å²) in [6.45, 7) is 1.38.